The predicted molar refractivity (Wildman–Crippen MR) is 99.9 cm³/mol. The van der Waals surface area contributed by atoms with Crippen molar-refractivity contribution in [3.8, 4) is 11.6 Å². The normalized spacial score (nSPS) is 16.9. The maximum absolute atomic E-state index is 13.8. The summed E-state index contributed by atoms with van der Waals surface area (Å²) in [5.74, 6) is 0.789. The van der Waals surface area contributed by atoms with E-state index >= 15 is 0 Å². The molecular weight excluding hydrogens is 363 g/mol. The van der Waals surface area contributed by atoms with E-state index in [-0.39, 0.29) is 23.6 Å². The monoisotopic (exact) mass is 382 g/mol. The van der Waals surface area contributed by atoms with Gasteiger partial charge in [-0.25, -0.2) is 14.4 Å². The summed E-state index contributed by atoms with van der Waals surface area (Å²) in [6.07, 6.45) is 2.88. The first-order valence-corrected chi connectivity index (χ1v) is 8.95. The lowest BCUT2D eigenvalue weighted by Crippen LogP contribution is -2.54. The standard InChI is InChI=1S/C20H19FN4O3/c1-14-12-24(8-9-25(14)20(26)17-7-4-10-27-17)18-11-19(23-13-22-18)28-16-6-3-2-5-15(16)21/h2-7,10-11,13-14H,8-9,12H2,1H3. The van der Waals surface area contributed by atoms with Gasteiger partial charge >= 0.3 is 0 Å². The zero-order chi connectivity index (χ0) is 19.5. The van der Waals surface area contributed by atoms with Crippen LogP contribution in [0.1, 0.15) is 17.5 Å². The number of aromatic nitrogens is 2. The summed E-state index contributed by atoms with van der Waals surface area (Å²) in [6, 6.07) is 11.2. The summed E-state index contributed by atoms with van der Waals surface area (Å²) in [4.78, 5) is 24.7. The van der Waals surface area contributed by atoms with Gasteiger partial charge in [-0.1, -0.05) is 12.1 Å². The molecule has 1 atom stereocenters. The number of amides is 1. The first-order chi connectivity index (χ1) is 13.6. The lowest BCUT2D eigenvalue weighted by molar-refractivity contribution is 0.0641. The molecule has 1 aliphatic rings. The fourth-order valence-electron chi connectivity index (χ4n) is 3.21. The topological polar surface area (TPSA) is 71.7 Å². The van der Waals surface area contributed by atoms with Crippen LogP contribution in [0.4, 0.5) is 10.2 Å². The second kappa shape index (κ2) is 7.67. The van der Waals surface area contributed by atoms with Gasteiger partial charge in [0.15, 0.2) is 17.3 Å². The molecule has 3 aromatic rings. The molecule has 0 spiro atoms. The number of carbonyl (C=O) groups excluding carboxylic acids is 1. The van der Waals surface area contributed by atoms with Crippen molar-refractivity contribution in [2.75, 3.05) is 24.5 Å². The summed E-state index contributed by atoms with van der Waals surface area (Å²) >= 11 is 0. The zero-order valence-corrected chi connectivity index (χ0v) is 15.3. The van der Waals surface area contributed by atoms with Crippen molar-refractivity contribution < 1.29 is 18.3 Å². The number of piperazine rings is 1. The molecule has 1 unspecified atom stereocenters. The fraction of sp³-hybridized carbons (Fsp3) is 0.250. The van der Waals surface area contributed by atoms with Gasteiger partial charge in [0.25, 0.3) is 5.91 Å². The minimum atomic E-state index is -0.457. The highest BCUT2D eigenvalue weighted by Gasteiger charge is 2.30. The molecule has 1 amide bonds. The maximum atomic E-state index is 13.8. The Morgan fingerprint density at radius 3 is 2.82 bits per heavy atom. The molecular formula is C20H19FN4O3. The average Bonchev–Trinajstić information content (AvgIpc) is 3.24. The van der Waals surface area contributed by atoms with Crippen molar-refractivity contribution in [1.29, 1.82) is 0 Å². The highest BCUT2D eigenvalue weighted by atomic mass is 19.1. The van der Waals surface area contributed by atoms with Gasteiger partial charge in [-0.15, -0.1) is 0 Å². The Kier molecular flexibility index (Phi) is 4.92. The van der Waals surface area contributed by atoms with Gasteiger partial charge in [0.1, 0.15) is 12.1 Å². The van der Waals surface area contributed by atoms with Gasteiger partial charge in [-0.3, -0.25) is 4.79 Å². The quantitative estimate of drug-likeness (QED) is 0.689. The van der Waals surface area contributed by atoms with E-state index < -0.39 is 5.82 Å². The Morgan fingerprint density at radius 2 is 2.07 bits per heavy atom. The van der Waals surface area contributed by atoms with Crippen molar-refractivity contribution in [1.82, 2.24) is 14.9 Å². The number of anilines is 1. The summed E-state index contributed by atoms with van der Waals surface area (Å²) in [5, 5.41) is 0. The van der Waals surface area contributed by atoms with E-state index in [0.29, 0.717) is 31.2 Å². The number of benzene rings is 1. The van der Waals surface area contributed by atoms with Crippen LogP contribution in [-0.4, -0.2) is 46.5 Å². The summed E-state index contributed by atoms with van der Waals surface area (Å²) in [5.41, 5.74) is 0. The summed E-state index contributed by atoms with van der Waals surface area (Å²) in [6.45, 7) is 3.72. The van der Waals surface area contributed by atoms with Crippen LogP contribution in [-0.2, 0) is 0 Å². The molecule has 1 fully saturated rings. The predicted octanol–water partition coefficient (Wildman–Crippen LogP) is 3.35. The fourth-order valence-corrected chi connectivity index (χ4v) is 3.21. The third kappa shape index (κ3) is 3.66. The number of nitrogens with zero attached hydrogens (tertiary/aromatic N) is 4. The number of hydrogen-bond donors (Lipinski definition) is 0. The number of halogens is 1. The molecule has 144 valence electrons. The van der Waals surface area contributed by atoms with Crippen LogP contribution in [0.5, 0.6) is 11.6 Å². The van der Waals surface area contributed by atoms with Gasteiger partial charge in [0.05, 0.1) is 6.26 Å². The molecule has 8 heteroatoms. The Morgan fingerprint density at radius 1 is 1.21 bits per heavy atom. The Labute approximate surface area is 161 Å². The molecule has 1 saturated heterocycles. The van der Waals surface area contributed by atoms with E-state index in [9.17, 15) is 9.18 Å². The van der Waals surface area contributed by atoms with E-state index in [0.717, 1.165) is 0 Å². The molecule has 0 saturated carbocycles. The van der Waals surface area contributed by atoms with Crippen molar-refractivity contribution in [2.24, 2.45) is 0 Å². The lowest BCUT2D eigenvalue weighted by atomic mass is 10.1. The SMILES string of the molecule is CC1CN(c2cc(Oc3ccccc3F)ncn2)CCN1C(=O)c1ccco1. The molecule has 1 aromatic carbocycles. The average molecular weight is 382 g/mol. The highest BCUT2D eigenvalue weighted by molar-refractivity contribution is 5.91. The first-order valence-electron chi connectivity index (χ1n) is 8.95. The van der Waals surface area contributed by atoms with Gasteiger partial charge in [0, 0.05) is 31.7 Å². The van der Waals surface area contributed by atoms with Gasteiger partial charge in [-0.2, -0.15) is 0 Å². The third-order valence-electron chi connectivity index (χ3n) is 4.62. The van der Waals surface area contributed by atoms with Crippen LogP contribution >= 0.6 is 0 Å². The number of ether oxygens (including phenoxy) is 1. The van der Waals surface area contributed by atoms with Crippen molar-refractivity contribution >= 4 is 11.7 Å². The zero-order valence-electron chi connectivity index (χ0n) is 15.3. The molecule has 0 aliphatic carbocycles. The molecule has 0 radical (unpaired) electrons. The van der Waals surface area contributed by atoms with Gasteiger partial charge < -0.3 is 19.0 Å². The number of hydrogen-bond acceptors (Lipinski definition) is 6. The van der Waals surface area contributed by atoms with Crippen molar-refractivity contribution in [2.45, 2.75) is 13.0 Å². The minimum Gasteiger partial charge on any atom is -0.459 e. The molecule has 3 heterocycles. The second-order valence-corrected chi connectivity index (χ2v) is 6.52. The summed E-state index contributed by atoms with van der Waals surface area (Å²) < 4.78 is 24.6. The molecule has 28 heavy (non-hydrogen) atoms. The maximum Gasteiger partial charge on any atom is 0.289 e. The molecule has 4 rings (SSSR count). The molecule has 2 aromatic heterocycles. The van der Waals surface area contributed by atoms with E-state index in [1.54, 1.807) is 35.2 Å². The van der Waals surface area contributed by atoms with Crippen LogP contribution in [0, 0.1) is 5.82 Å². The van der Waals surface area contributed by atoms with Crippen molar-refractivity contribution in [3.05, 3.63) is 66.6 Å². The van der Waals surface area contributed by atoms with Crippen LogP contribution < -0.4 is 9.64 Å². The van der Waals surface area contributed by atoms with Crippen LogP contribution in [0.3, 0.4) is 0 Å². The Hall–Kier alpha value is -3.42. The van der Waals surface area contributed by atoms with Crippen LogP contribution in [0.15, 0.2) is 59.5 Å². The van der Waals surface area contributed by atoms with Crippen molar-refractivity contribution in [3.63, 3.8) is 0 Å². The van der Waals surface area contributed by atoms with Gasteiger partial charge in [-0.05, 0) is 31.2 Å². The van der Waals surface area contributed by atoms with Crippen LogP contribution in [0.2, 0.25) is 0 Å². The molecule has 0 N–H and O–H groups in total. The number of rotatable bonds is 4. The summed E-state index contributed by atoms with van der Waals surface area (Å²) in [7, 11) is 0. The molecule has 1 aliphatic heterocycles. The highest BCUT2D eigenvalue weighted by Crippen LogP contribution is 2.26. The van der Waals surface area contributed by atoms with E-state index in [2.05, 4.69) is 9.97 Å². The largest absolute Gasteiger partial charge is 0.459 e. The first kappa shape index (κ1) is 18.0. The van der Waals surface area contributed by atoms with E-state index in [1.807, 2.05) is 11.8 Å². The molecule has 7 nitrogen and oxygen atoms in total. The Bertz CT molecular complexity index is 964. The third-order valence-corrected chi connectivity index (χ3v) is 4.62. The van der Waals surface area contributed by atoms with E-state index in [4.69, 9.17) is 9.15 Å². The lowest BCUT2D eigenvalue weighted by Gasteiger charge is -2.40. The molecule has 0 bridgehead atoms. The number of para-hydroxylation sites is 1. The Balaban J connectivity index is 1.46. The van der Waals surface area contributed by atoms with Crippen LogP contribution in [0.25, 0.3) is 0 Å². The number of carbonyl (C=O) groups is 1. The van der Waals surface area contributed by atoms with Gasteiger partial charge in [0.2, 0.25) is 5.88 Å². The number of furan rings is 1. The van der Waals surface area contributed by atoms with E-state index in [1.165, 1.54) is 24.7 Å². The smallest absolute Gasteiger partial charge is 0.289 e. The minimum absolute atomic E-state index is 0.0303. The second-order valence-electron chi connectivity index (χ2n) is 6.52.